The average molecular weight is 381 g/mol. The van der Waals surface area contributed by atoms with Crippen LogP contribution in [0.1, 0.15) is 22.2 Å². The highest BCUT2D eigenvalue weighted by molar-refractivity contribution is 7.18. The first-order valence-electron chi connectivity index (χ1n) is 7.61. The topological polar surface area (TPSA) is 43.6 Å². The second kappa shape index (κ2) is 7.61. The molecule has 0 aliphatic rings. The molecule has 0 N–H and O–H groups in total. The Morgan fingerprint density at radius 1 is 1.29 bits per heavy atom. The highest BCUT2D eigenvalue weighted by atomic mass is 35.5. The molecule has 3 aromatic rings. The van der Waals surface area contributed by atoms with Gasteiger partial charge in [-0.3, -0.25) is 4.79 Å². The highest BCUT2D eigenvalue weighted by Crippen LogP contribution is 2.23. The Morgan fingerprint density at radius 3 is 2.83 bits per heavy atom. The molecule has 1 aromatic carbocycles. The molecule has 2 aromatic heterocycles. The van der Waals surface area contributed by atoms with Gasteiger partial charge in [0.15, 0.2) is 4.80 Å². The molecule has 0 spiro atoms. The summed E-state index contributed by atoms with van der Waals surface area (Å²) in [7, 11) is 0. The Hall–Kier alpha value is -1.47. The van der Waals surface area contributed by atoms with E-state index in [-0.39, 0.29) is 5.91 Å². The van der Waals surface area contributed by atoms with Crippen LogP contribution in [0.5, 0.6) is 0 Å². The Balaban J connectivity index is 2.08. The number of benzene rings is 1. The van der Waals surface area contributed by atoms with Gasteiger partial charge in [-0.1, -0.05) is 35.1 Å². The van der Waals surface area contributed by atoms with Gasteiger partial charge in [0.1, 0.15) is 0 Å². The molecule has 7 heteroatoms. The predicted molar refractivity (Wildman–Crippen MR) is 100 cm³/mol. The minimum atomic E-state index is -0.263. The second-order valence-corrected chi connectivity index (χ2v) is 7.90. The van der Waals surface area contributed by atoms with E-state index in [1.807, 2.05) is 13.0 Å². The van der Waals surface area contributed by atoms with Gasteiger partial charge in [0, 0.05) is 13.2 Å². The lowest BCUT2D eigenvalue weighted by Gasteiger charge is -2.07. The van der Waals surface area contributed by atoms with E-state index >= 15 is 0 Å². The number of nitrogens with zero attached hydrogens (tertiary/aromatic N) is 2. The van der Waals surface area contributed by atoms with Gasteiger partial charge in [-0.2, -0.15) is 4.99 Å². The van der Waals surface area contributed by atoms with Crippen LogP contribution in [0.15, 0.2) is 35.3 Å². The number of hydrogen-bond donors (Lipinski definition) is 0. The largest absolute Gasteiger partial charge is 0.380 e. The Bertz CT molecular complexity index is 940. The summed E-state index contributed by atoms with van der Waals surface area (Å²) in [5.74, 6) is -0.263. The first kappa shape index (κ1) is 17.4. The summed E-state index contributed by atoms with van der Waals surface area (Å²) in [6.45, 7) is 5.95. The zero-order chi connectivity index (χ0) is 17.1. The van der Waals surface area contributed by atoms with Crippen LogP contribution in [0.4, 0.5) is 0 Å². The van der Waals surface area contributed by atoms with Gasteiger partial charge in [0.05, 0.1) is 26.0 Å². The second-order valence-electron chi connectivity index (χ2n) is 5.18. The molecule has 0 saturated carbocycles. The van der Waals surface area contributed by atoms with Crippen LogP contribution in [0.2, 0.25) is 4.34 Å². The standard InChI is InChI=1S/C17H17ClN2O2S2/c1-3-22-10-9-20-15-11(2)5-4-6-12(15)24-17(20)19-16(21)13-7-8-14(18)23-13/h4-8H,3,9-10H2,1-2H3. The van der Waals surface area contributed by atoms with Gasteiger partial charge in [-0.25, -0.2) is 0 Å². The van der Waals surface area contributed by atoms with Gasteiger partial charge < -0.3 is 9.30 Å². The van der Waals surface area contributed by atoms with E-state index in [4.69, 9.17) is 16.3 Å². The highest BCUT2D eigenvalue weighted by Gasteiger charge is 2.12. The summed E-state index contributed by atoms with van der Waals surface area (Å²) in [5, 5.41) is 0. The molecule has 0 radical (unpaired) electrons. The fourth-order valence-electron chi connectivity index (χ4n) is 2.47. The molecule has 24 heavy (non-hydrogen) atoms. The zero-order valence-electron chi connectivity index (χ0n) is 13.4. The molecule has 126 valence electrons. The molecule has 2 heterocycles. The van der Waals surface area contributed by atoms with Crippen molar-refractivity contribution in [3.05, 3.63) is 49.9 Å². The van der Waals surface area contributed by atoms with Crippen LogP contribution in [-0.4, -0.2) is 23.7 Å². The lowest BCUT2D eigenvalue weighted by atomic mass is 10.2. The Morgan fingerprint density at radius 2 is 2.12 bits per heavy atom. The van der Waals surface area contributed by atoms with Crippen molar-refractivity contribution in [2.45, 2.75) is 20.4 Å². The molecule has 0 saturated heterocycles. The van der Waals surface area contributed by atoms with Crippen LogP contribution in [-0.2, 0) is 11.3 Å². The van der Waals surface area contributed by atoms with E-state index < -0.39 is 0 Å². The van der Waals surface area contributed by atoms with E-state index in [9.17, 15) is 4.79 Å². The number of ether oxygens (including phenoxy) is 1. The van der Waals surface area contributed by atoms with Crippen LogP contribution < -0.4 is 4.80 Å². The number of thiophene rings is 1. The zero-order valence-corrected chi connectivity index (χ0v) is 15.8. The van der Waals surface area contributed by atoms with Crippen LogP contribution in [0, 0.1) is 6.92 Å². The third-order valence-corrected chi connectivity index (χ3v) is 5.81. The van der Waals surface area contributed by atoms with Crippen LogP contribution >= 0.6 is 34.3 Å². The number of halogens is 1. The number of carbonyl (C=O) groups is 1. The quantitative estimate of drug-likeness (QED) is 0.611. The minimum Gasteiger partial charge on any atom is -0.380 e. The first-order chi connectivity index (χ1) is 11.6. The molecule has 0 atom stereocenters. The molecule has 0 unspecified atom stereocenters. The Kier molecular flexibility index (Phi) is 5.50. The average Bonchev–Trinajstić information content (AvgIpc) is 3.13. The maximum absolute atomic E-state index is 12.4. The van der Waals surface area contributed by atoms with Crippen molar-refractivity contribution in [3.8, 4) is 0 Å². The third-order valence-electron chi connectivity index (χ3n) is 3.55. The number of fused-ring (bicyclic) bond motifs is 1. The number of aryl methyl sites for hydroxylation is 1. The number of thiazole rings is 1. The number of para-hydroxylation sites is 1. The summed E-state index contributed by atoms with van der Waals surface area (Å²) in [4.78, 5) is 18.0. The number of amides is 1. The maximum atomic E-state index is 12.4. The molecule has 0 aliphatic carbocycles. The number of hydrogen-bond acceptors (Lipinski definition) is 4. The normalized spacial score (nSPS) is 12.2. The van der Waals surface area contributed by atoms with Gasteiger partial charge in [0.2, 0.25) is 0 Å². The third kappa shape index (κ3) is 3.62. The molecule has 4 nitrogen and oxygen atoms in total. The maximum Gasteiger partial charge on any atom is 0.289 e. The van der Waals surface area contributed by atoms with Gasteiger partial charge in [0.25, 0.3) is 5.91 Å². The summed E-state index contributed by atoms with van der Waals surface area (Å²) >= 11 is 8.68. The molecular formula is C17H17ClN2O2S2. The van der Waals surface area contributed by atoms with Crippen LogP contribution in [0.25, 0.3) is 10.2 Å². The van der Waals surface area contributed by atoms with Crippen molar-refractivity contribution in [2.75, 3.05) is 13.2 Å². The summed E-state index contributed by atoms with van der Waals surface area (Å²) in [5.41, 5.74) is 2.27. The van der Waals surface area contributed by atoms with Crippen molar-refractivity contribution in [2.24, 2.45) is 4.99 Å². The molecule has 0 aliphatic heterocycles. The van der Waals surface area contributed by atoms with Crippen molar-refractivity contribution in [1.82, 2.24) is 4.57 Å². The monoisotopic (exact) mass is 380 g/mol. The van der Waals surface area contributed by atoms with E-state index in [0.717, 1.165) is 15.8 Å². The van der Waals surface area contributed by atoms with E-state index in [2.05, 4.69) is 28.6 Å². The van der Waals surface area contributed by atoms with Crippen molar-refractivity contribution in [3.63, 3.8) is 0 Å². The fourth-order valence-corrected chi connectivity index (χ4v) is 4.53. The van der Waals surface area contributed by atoms with Gasteiger partial charge >= 0.3 is 0 Å². The van der Waals surface area contributed by atoms with Gasteiger partial charge in [-0.05, 0) is 37.6 Å². The number of rotatable bonds is 5. The molecule has 0 fully saturated rings. The lowest BCUT2D eigenvalue weighted by Crippen LogP contribution is -2.20. The molecule has 3 rings (SSSR count). The fraction of sp³-hybridized carbons (Fsp3) is 0.294. The number of aromatic nitrogens is 1. The van der Waals surface area contributed by atoms with E-state index in [1.54, 1.807) is 12.1 Å². The summed E-state index contributed by atoms with van der Waals surface area (Å²) in [6.07, 6.45) is 0. The van der Waals surface area contributed by atoms with Crippen molar-refractivity contribution < 1.29 is 9.53 Å². The smallest absolute Gasteiger partial charge is 0.289 e. The first-order valence-corrected chi connectivity index (χ1v) is 9.62. The molecule has 0 bridgehead atoms. The summed E-state index contributed by atoms with van der Waals surface area (Å²) in [6, 6.07) is 9.56. The summed E-state index contributed by atoms with van der Waals surface area (Å²) < 4.78 is 9.25. The minimum absolute atomic E-state index is 0.263. The Labute approximate surface area is 153 Å². The van der Waals surface area contributed by atoms with E-state index in [1.165, 1.54) is 22.7 Å². The van der Waals surface area contributed by atoms with Crippen LogP contribution in [0.3, 0.4) is 0 Å². The molecule has 1 amide bonds. The predicted octanol–water partition coefficient (Wildman–Crippen LogP) is 4.50. The SMILES string of the molecule is CCOCCn1c(=NC(=O)c2ccc(Cl)s2)sc2cccc(C)c21. The number of carbonyl (C=O) groups excluding carboxylic acids is 1. The van der Waals surface area contributed by atoms with Crippen molar-refractivity contribution >= 4 is 50.4 Å². The molecular weight excluding hydrogens is 364 g/mol. The van der Waals surface area contributed by atoms with E-state index in [0.29, 0.717) is 33.8 Å². The van der Waals surface area contributed by atoms with Crippen molar-refractivity contribution in [1.29, 1.82) is 0 Å². The lowest BCUT2D eigenvalue weighted by molar-refractivity contribution is 0.100. The van der Waals surface area contributed by atoms with Gasteiger partial charge in [-0.15, -0.1) is 11.3 Å².